The summed E-state index contributed by atoms with van der Waals surface area (Å²) in [6.45, 7) is 4.73. The SMILES string of the molecule is CC(C)Cn1cc(N)c(C(=O)O)n1. The Bertz CT molecular complexity index is 317. The number of hydrogen-bond acceptors (Lipinski definition) is 3. The summed E-state index contributed by atoms with van der Waals surface area (Å²) in [4.78, 5) is 10.6. The number of aromatic nitrogens is 2. The van der Waals surface area contributed by atoms with Crippen LogP contribution < -0.4 is 5.73 Å². The van der Waals surface area contributed by atoms with Gasteiger partial charge in [-0.3, -0.25) is 4.68 Å². The molecular formula is C8H13N3O2. The average Bonchev–Trinajstić information content (AvgIpc) is 2.29. The van der Waals surface area contributed by atoms with Gasteiger partial charge in [-0.15, -0.1) is 0 Å². The molecule has 72 valence electrons. The summed E-state index contributed by atoms with van der Waals surface area (Å²) in [5, 5.41) is 12.5. The molecule has 0 fully saturated rings. The highest BCUT2D eigenvalue weighted by molar-refractivity contribution is 5.91. The van der Waals surface area contributed by atoms with E-state index in [-0.39, 0.29) is 11.4 Å². The zero-order valence-electron chi connectivity index (χ0n) is 7.69. The minimum atomic E-state index is -1.08. The first kappa shape index (κ1) is 9.57. The quantitative estimate of drug-likeness (QED) is 0.726. The number of hydrogen-bond donors (Lipinski definition) is 2. The highest BCUT2D eigenvalue weighted by Gasteiger charge is 2.13. The van der Waals surface area contributed by atoms with E-state index in [1.165, 1.54) is 0 Å². The van der Waals surface area contributed by atoms with Crippen LogP contribution in [0.25, 0.3) is 0 Å². The number of carbonyl (C=O) groups is 1. The number of nitrogen functional groups attached to an aromatic ring is 1. The lowest BCUT2D eigenvalue weighted by molar-refractivity contribution is 0.0690. The van der Waals surface area contributed by atoms with E-state index in [1.54, 1.807) is 10.9 Å². The second-order valence-corrected chi connectivity index (χ2v) is 3.35. The van der Waals surface area contributed by atoms with Crippen LogP contribution >= 0.6 is 0 Å². The molecule has 0 aliphatic heterocycles. The van der Waals surface area contributed by atoms with Gasteiger partial charge in [-0.2, -0.15) is 5.10 Å². The van der Waals surface area contributed by atoms with Crippen molar-refractivity contribution in [1.29, 1.82) is 0 Å². The molecule has 5 heteroatoms. The molecule has 0 aliphatic carbocycles. The summed E-state index contributed by atoms with van der Waals surface area (Å²) < 4.78 is 1.56. The van der Waals surface area contributed by atoms with Crippen LogP contribution in [0.15, 0.2) is 6.20 Å². The molecule has 1 rings (SSSR count). The standard InChI is InChI=1S/C8H13N3O2/c1-5(2)3-11-4-6(9)7(10-11)8(12)13/h4-5H,3,9H2,1-2H3,(H,12,13). The molecule has 0 spiro atoms. The van der Waals surface area contributed by atoms with Crippen LogP contribution in [-0.2, 0) is 6.54 Å². The molecule has 3 N–H and O–H groups in total. The Morgan fingerprint density at radius 1 is 1.77 bits per heavy atom. The number of nitrogens with zero attached hydrogens (tertiary/aromatic N) is 2. The molecule has 1 heterocycles. The smallest absolute Gasteiger partial charge is 0.358 e. The Balaban J connectivity index is 2.89. The van der Waals surface area contributed by atoms with Gasteiger partial charge in [0.15, 0.2) is 5.69 Å². The molecule has 0 atom stereocenters. The molecule has 1 aromatic rings. The fourth-order valence-corrected chi connectivity index (χ4v) is 1.07. The van der Waals surface area contributed by atoms with Gasteiger partial charge >= 0.3 is 5.97 Å². The van der Waals surface area contributed by atoms with Gasteiger partial charge in [-0.1, -0.05) is 13.8 Å². The van der Waals surface area contributed by atoms with Gasteiger partial charge in [-0.25, -0.2) is 4.79 Å². The summed E-state index contributed by atoms with van der Waals surface area (Å²) in [5.74, 6) is -0.666. The Labute approximate surface area is 76.2 Å². The third-order valence-electron chi connectivity index (χ3n) is 1.54. The Kier molecular flexibility index (Phi) is 2.55. The zero-order valence-corrected chi connectivity index (χ0v) is 7.69. The summed E-state index contributed by atoms with van der Waals surface area (Å²) in [5.41, 5.74) is 5.60. The van der Waals surface area contributed by atoms with E-state index in [4.69, 9.17) is 10.8 Å². The van der Waals surface area contributed by atoms with E-state index in [0.717, 1.165) is 0 Å². The molecule has 0 bridgehead atoms. The van der Waals surface area contributed by atoms with Crippen molar-refractivity contribution in [3.63, 3.8) is 0 Å². The summed E-state index contributed by atoms with van der Waals surface area (Å²) >= 11 is 0. The van der Waals surface area contributed by atoms with Gasteiger partial charge in [0.1, 0.15) is 0 Å². The predicted molar refractivity (Wildman–Crippen MR) is 48.4 cm³/mol. The summed E-state index contributed by atoms with van der Waals surface area (Å²) in [7, 11) is 0. The van der Waals surface area contributed by atoms with Crippen LogP contribution in [0.1, 0.15) is 24.3 Å². The van der Waals surface area contributed by atoms with E-state index in [0.29, 0.717) is 12.5 Å². The normalized spacial score (nSPS) is 10.7. The molecule has 13 heavy (non-hydrogen) atoms. The van der Waals surface area contributed by atoms with Crippen molar-refractivity contribution in [3.8, 4) is 0 Å². The first-order valence-electron chi connectivity index (χ1n) is 4.07. The van der Waals surface area contributed by atoms with Crippen molar-refractivity contribution >= 4 is 11.7 Å². The number of anilines is 1. The minimum absolute atomic E-state index is 0.0688. The van der Waals surface area contributed by atoms with E-state index >= 15 is 0 Å². The van der Waals surface area contributed by atoms with Gasteiger partial charge in [0, 0.05) is 12.7 Å². The van der Waals surface area contributed by atoms with Gasteiger partial charge in [0.05, 0.1) is 5.69 Å². The molecule has 0 saturated heterocycles. The molecule has 0 radical (unpaired) electrons. The van der Waals surface area contributed by atoms with Crippen LogP contribution in [0.5, 0.6) is 0 Å². The van der Waals surface area contributed by atoms with Crippen LogP contribution in [0.3, 0.4) is 0 Å². The molecule has 0 aromatic carbocycles. The van der Waals surface area contributed by atoms with Gasteiger partial charge < -0.3 is 10.8 Å². The monoisotopic (exact) mass is 183 g/mol. The largest absolute Gasteiger partial charge is 0.476 e. The van der Waals surface area contributed by atoms with Crippen LogP contribution in [-0.4, -0.2) is 20.9 Å². The second kappa shape index (κ2) is 3.47. The lowest BCUT2D eigenvalue weighted by Crippen LogP contribution is -2.07. The Morgan fingerprint density at radius 3 is 2.77 bits per heavy atom. The Morgan fingerprint density at radius 2 is 2.38 bits per heavy atom. The number of nitrogens with two attached hydrogens (primary N) is 1. The molecule has 0 unspecified atom stereocenters. The van der Waals surface area contributed by atoms with Crippen molar-refractivity contribution in [2.75, 3.05) is 5.73 Å². The van der Waals surface area contributed by atoms with Crippen molar-refractivity contribution in [2.45, 2.75) is 20.4 Å². The summed E-state index contributed by atoms with van der Waals surface area (Å²) in [6.07, 6.45) is 1.55. The summed E-state index contributed by atoms with van der Waals surface area (Å²) in [6, 6.07) is 0. The molecular weight excluding hydrogens is 170 g/mol. The lowest BCUT2D eigenvalue weighted by Gasteiger charge is -2.02. The zero-order chi connectivity index (χ0) is 10.0. The van der Waals surface area contributed by atoms with Crippen molar-refractivity contribution < 1.29 is 9.90 Å². The first-order valence-corrected chi connectivity index (χ1v) is 4.07. The first-order chi connectivity index (χ1) is 6.00. The predicted octanol–water partition coefficient (Wildman–Crippen LogP) is 0.819. The Hall–Kier alpha value is -1.52. The van der Waals surface area contributed by atoms with Crippen LogP contribution in [0.2, 0.25) is 0 Å². The van der Waals surface area contributed by atoms with Crippen molar-refractivity contribution in [1.82, 2.24) is 9.78 Å². The molecule has 0 amide bonds. The van der Waals surface area contributed by atoms with Crippen LogP contribution in [0, 0.1) is 5.92 Å². The third-order valence-corrected chi connectivity index (χ3v) is 1.54. The number of rotatable bonds is 3. The highest BCUT2D eigenvalue weighted by atomic mass is 16.4. The maximum absolute atomic E-state index is 10.6. The van der Waals surface area contributed by atoms with Crippen molar-refractivity contribution in [2.24, 2.45) is 5.92 Å². The number of carboxylic acid groups (broad SMARTS) is 1. The van der Waals surface area contributed by atoms with E-state index in [1.807, 2.05) is 13.8 Å². The van der Waals surface area contributed by atoms with Gasteiger partial charge in [0.2, 0.25) is 0 Å². The van der Waals surface area contributed by atoms with E-state index < -0.39 is 5.97 Å². The highest BCUT2D eigenvalue weighted by Crippen LogP contribution is 2.10. The second-order valence-electron chi connectivity index (χ2n) is 3.35. The van der Waals surface area contributed by atoms with Gasteiger partial charge in [0.25, 0.3) is 0 Å². The lowest BCUT2D eigenvalue weighted by atomic mass is 10.2. The fourth-order valence-electron chi connectivity index (χ4n) is 1.07. The van der Waals surface area contributed by atoms with Crippen LogP contribution in [0.4, 0.5) is 5.69 Å². The molecule has 0 aliphatic rings. The minimum Gasteiger partial charge on any atom is -0.476 e. The fraction of sp³-hybridized carbons (Fsp3) is 0.500. The van der Waals surface area contributed by atoms with E-state index in [9.17, 15) is 4.79 Å². The van der Waals surface area contributed by atoms with E-state index in [2.05, 4.69) is 5.10 Å². The maximum Gasteiger partial charge on any atom is 0.358 e. The van der Waals surface area contributed by atoms with Gasteiger partial charge in [-0.05, 0) is 5.92 Å². The number of aromatic carboxylic acids is 1. The maximum atomic E-state index is 10.6. The molecule has 0 saturated carbocycles. The molecule has 5 nitrogen and oxygen atoms in total. The number of carboxylic acids is 1. The topological polar surface area (TPSA) is 81.1 Å². The van der Waals surface area contributed by atoms with Crippen molar-refractivity contribution in [3.05, 3.63) is 11.9 Å². The average molecular weight is 183 g/mol. The third kappa shape index (κ3) is 2.21. The molecule has 1 aromatic heterocycles.